The van der Waals surface area contributed by atoms with E-state index >= 15 is 0 Å². The molecule has 0 aromatic heterocycles. The fourth-order valence-corrected chi connectivity index (χ4v) is 2.71. The Morgan fingerprint density at radius 3 is 2.58 bits per heavy atom. The van der Waals surface area contributed by atoms with Gasteiger partial charge in [-0.15, -0.1) is 0 Å². The lowest BCUT2D eigenvalue weighted by Gasteiger charge is -2.33. The molecule has 1 aliphatic rings. The summed E-state index contributed by atoms with van der Waals surface area (Å²) in [5.74, 6) is -0.637. The molecule has 0 aromatic rings. The largest absolute Gasteiger partial charge is 0.481 e. The van der Waals surface area contributed by atoms with Crippen molar-refractivity contribution in [1.82, 2.24) is 4.90 Å². The standard InChI is InChI=1S/C14H26N2O3/c1-10(2)16(8-4-7-13(17)18)14(19)11-5-3-6-12(15)9-11/h10-12H,3-9,15H2,1-2H3,(H,17,18). The number of carbonyl (C=O) groups is 2. The van der Waals surface area contributed by atoms with Crippen molar-refractivity contribution in [2.24, 2.45) is 11.7 Å². The number of carboxylic acids is 1. The van der Waals surface area contributed by atoms with E-state index in [2.05, 4.69) is 0 Å². The second-order valence-electron chi connectivity index (χ2n) is 5.75. The van der Waals surface area contributed by atoms with E-state index in [0.717, 1.165) is 25.7 Å². The van der Waals surface area contributed by atoms with Crippen LogP contribution < -0.4 is 5.73 Å². The average molecular weight is 270 g/mol. The highest BCUT2D eigenvalue weighted by atomic mass is 16.4. The van der Waals surface area contributed by atoms with E-state index in [4.69, 9.17) is 10.8 Å². The van der Waals surface area contributed by atoms with Crippen molar-refractivity contribution < 1.29 is 14.7 Å². The van der Waals surface area contributed by atoms with Crippen LogP contribution in [0.25, 0.3) is 0 Å². The van der Waals surface area contributed by atoms with Gasteiger partial charge in [-0.2, -0.15) is 0 Å². The highest BCUT2D eigenvalue weighted by molar-refractivity contribution is 5.79. The van der Waals surface area contributed by atoms with Gasteiger partial charge in [0.1, 0.15) is 0 Å². The number of carbonyl (C=O) groups excluding carboxylic acids is 1. The van der Waals surface area contributed by atoms with Crippen LogP contribution in [0.1, 0.15) is 52.4 Å². The zero-order chi connectivity index (χ0) is 14.4. The summed E-state index contributed by atoms with van der Waals surface area (Å²) in [5, 5.41) is 8.67. The van der Waals surface area contributed by atoms with Gasteiger partial charge in [-0.1, -0.05) is 6.42 Å². The molecule has 2 unspecified atom stereocenters. The molecule has 0 aliphatic heterocycles. The summed E-state index contributed by atoms with van der Waals surface area (Å²) >= 11 is 0. The molecular formula is C14H26N2O3. The first kappa shape index (κ1) is 16.0. The molecule has 5 nitrogen and oxygen atoms in total. The van der Waals surface area contributed by atoms with Crippen LogP contribution in [-0.4, -0.2) is 40.5 Å². The second-order valence-corrected chi connectivity index (χ2v) is 5.75. The van der Waals surface area contributed by atoms with Crippen molar-refractivity contribution in [3.05, 3.63) is 0 Å². The van der Waals surface area contributed by atoms with E-state index in [-0.39, 0.29) is 30.3 Å². The highest BCUT2D eigenvalue weighted by Crippen LogP contribution is 2.25. The summed E-state index contributed by atoms with van der Waals surface area (Å²) in [6, 6.07) is 0.246. The van der Waals surface area contributed by atoms with Crippen molar-refractivity contribution in [2.45, 2.75) is 64.5 Å². The van der Waals surface area contributed by atoms with Crippen LogP contribution >= 0.6 is 0 Å². The van der Waals surface area contributed by atoms with Crippen LogP contribution in [0.3, 0.4) is 0 Å². The van der Waals surface area contributed by atoms with E-state index in [1.165, 1.54) is 0 Å². The second kappa shape index (κ2) is 7.48. The van der Waals surface area contributed by atoms with Gasteiger partial charge in [-0.05, 0) is 39.5 Å². The number of carboxylic acid groups (broad SMARTS) is 1. The summed E-state index contributed by atoms with van der Waals surface area (Å²) < 4.78 is 0. The maximum Gasteiger partial charge on any atom is 0.303 e. The molecule has 3 N–H and O–H groups in total. The van der Waals surface area contributed by atoms with Crippen LogP contribution in [0.15, 0.2) is 0 Å². The quantitative estimate of drug-likeness (QED) is 0.768. The maximum absolute atomic E-state index is 12.5. The molecule has 0 spiro atoms. The zero-order valence-electron chi connectivity index (χ0n) is 12.0. The van der Waals surface area contributed by atoms with Crippen molar-refractivity contribution >= 4 is 11.9 Å². The predicted molar refractivity (Wildman–Crippen MR) is 73.7 cm³/mol. The minimum absolute atomic E-state index is 0.0241. The molecule has 0 saturated heterocycles. The Morgan fingerprint density at radius 2 is 2.05 bits per heavy atom. The van der Waals surface area contributed by atoms with Gasteiger partial charge in [0.25, 0.3) is 0 Å². The topological polar surface area (TPSA) is 83.6 Å². The van der Waals surface area contributed by atoms with Crippen molar-refractivity contribution in [2.75, 3.05) is 6.54 Å². The van der Waals surface area contributed by atoms with Crippen molar-refractivity contribution in [1.29, 1.82) is 0 Å². The van der Waals surface area contributed by atoms with Crippen LogP contribution in [0.5, 0.6) is 0 Å². The molecule has 0 heterocycles. The zero-order valence-corrected chi connectivity index (χ0v) is 12.0. The summed E-state index contributed by atoms with van der Waals surface area (Å²) in [7, 11) is 0. The summed E-state index contributed by atoms with van der Waals surface area (Å²) in [6.07, 6.45) is 4.32. The SMILES string of the molecule is CC(C)N(CCCC(=O)O)C(=O)C1CCCC(N)C1. The lowest BCUT2D eigenvalue weighted by Crippen LogP contribution is -2.44. The lowest BCUT2D eigenvalue weighted by molar-refractivity contribution is -0.141. The van der Waals surface area contributed by atoms with Crippen LogP contribution in [0.4, 0.5) is 0 Å². The van der Waals surface area contributed by atoms with Crippen molar-refractivity contribution in [3.63, 3.8) is 0 Å². The number of amides is 1. The third-order valence-corrected chi connectivity index (χ3v) is 3.76. The molecule has 110 valence electrons. The van der Waals surface area contributed by atoms with Crippen LogP contribution in [-0.2, 0) is 9.59 Å². The van der Waals surface area contributed by atoms with Gasteiger partial charge >= 0.3 is 5.97 Å². The first-order chi connectivity index (χ1) is 8.91. The van der Waals surface area contributed by atoms with Gasteiger partial charge in [0.15, 0.2) is 0 Å². The van der Waals surface area contributed by atoms with Gasteiger partial charge in [-0.3, -0.25) is 9.59 Å². The molecule has 0 bridgehead atoms. The van der Waals surface area contributed by atoms with Crippen LogP contribution in [0, 0.1) is 5.92 Å². The molecule has 1 saturated carbocycles. The van der Waals surface area contributed by atoms with Gasteiger partial charge in [0, 0.05) is 31.0 Å². The fraction of sp³-hybridized carbons (Fsp3) is 0.857. The van der Waals surface area contributed by atoms with Crippen molar-refractivity contribution in [3.8, 4) is 0 Å². The third kappa shape index (κ3) is 5.19. The van der Waals surface area contributed by atoms with Gasteiger partial charge in [0.2, 0.25) is 5.91 Å². The lowest BCUT2D eigenvalue weighted by atomic mass is 9.85. The molecule has 1 rings (SSSR count). The number of hydrogen-bond acceptors (Lipinski definition) is 3. The summed E-state index contributed by atoms with van der Waals surface area (Å²) in [5.41, 5.74) is 5.93. The molecular weight excluding hydrogens is 244 g/mol. The minimum Gasteiger partial charge on any atom is -0.481 e. The molecule has 1 fully saturated rings. The van der Waals surface area contributed by atoms with Crippen LogP contribution in [0.2, 0.25) is 0 Å². The monoisotopic (exact) mass is 270 g/mol. The Morgan fingerprint density at radius 1 is 1.37 bits per heavy atom. The van der Waals surface area contributed by atoms with E-state index in [9.17, 15) is 9.59 Å². The van der Waals surface area contributed by atoms with Gasteiger partial charge < -0.3 is 15.7 Å². The first-order valence-electron chi connectivity index (χ1n) is 7.19. The third-order valence-electron chi connectivity index (χ3n) is 3.76. The Hall–Kier alpha value is -1.10. The summed E-state index contributed by atoms with van der Waals surface area (Å²) in [6.45, 7) is 4.47. The Bertz CT molecular complexity index is 318. The smallest absolute Gasteiger partial charge is 0.303 e. The van der Waals surface area contributed by atoms with E-state index in [1.807, 2.05) is 18.7 Å². The number of hydrogen-bond donors (Lipinski definition) is 2. The van der Waals surface area contributed by atoms with Gasteiger partial charge in [-0.25, -0.2) is 0 Å². The normalized spacial score (nSPS) is 23.4. The Labute approximate surface area is 115 Å². The van der Waals surface area contributed by atoms with E-state index < -0.39 is 5.97 Å². The number of nitrogens with two attached hydrogens (primary N) is 1. The molecule has 1 amide bonds. The van der Waals surface area contributed by atoms with E-state index in [1.54, 1.807) is 0 Å². The summed E-state index contributed by atoms with van der Waals surface area (Å²) in [4.78, 5) is 24.8. The molecule has 0 radical (unpaired) electrons. The number of aliphatic carboxylic acids is 1. The molecule has 2 atom stereocenters. The number of rotatable bonds is 6. The Balaban J connectivity index is 2.54. The van der Waals surface area contributed by atoms with E-state index in [0.29, 0.717) is 13.0 Å². The Kier molecular flexibility index (Phi) is 6.28. The fourth-order valence-electron chi connectivity index (χ4n) is 2.71. The van der Waals surface area contributed by atoms with Gasteiger partial charge in [0.05, 0.1) is 0 Å². The predicted octanol–water partition coefficient (Wildman–Crippen LogP) is 1.61. The molecule has 1 aliphatic carbocycles. The molecule has 5 heteroatoms. The highest BCUT2D eigenvalue weighted by Gasteiger charge is 2.29. The first-order valence-corrected chi connectivity index (χ1v) is 7.19. The molecule has 19 heavy (non-hydrogen) atoms. The minimum atomic E-state index is -0.809. The molecule has 0 aromatic carbocycles. The average Bonchev–Trinajstić information content (AvgIpc) is 2.33. The number of nitrogens with zero attached hydrogens (tertiary/aromatic N) is 1. The maximum atomic E-state index is 12.5.